The van der Waals surface area contributed by atoms with Gasteiger partial charge in [-0.1, -0.05) is 25.1 Å². The van der Waals surface area contributed by atoms with Crippen LogP contribution in [0.3, 0.4) is 0 Å². The van der Waals surface area contributed by atoms with E-state index in [-0.39, 0.29) is 23.8 Å². The van der Waals surface area contributed by atoms with Crippen LogP contribution in [0.25, 0.3) is 0 Å². The molecule has 6 nitrogen and oxygen atoms in total. The van der Waals surface area contributed by atoms with Gasteiger partial charge in [-0.25, -0.2) is 9.79 Å². The first kappa shape index (κ1) is 17.3. The number of nitrogens with zero attached hydrogens (tertiary/aromatic N) is 2. The average molecular weight is 342 g/mol. The number of carboxylic acid groups (broad SMARTS) is 1. The zero-order valence-electron chi connectivity index (χ0n) is 14.2. The minimum absolute atomic E-state index is 0.0756. The van der Waals surface area contributed by atoms with Gasteiger partial charge in [0.15, 0.2) is 0 Å². The third-order valence-electron chi connectivity index (χ3n) is 5.05. The molecule has 1 N–H and O–H groups in total. The fourth-order valence-corrected chi connectivity index (χ4v) is 3.76. The molecular formula is C19H22N2O4. The molecular weight excluding hydrogens is 320 g/mol. The Hall–Kier alpha value is -2.50. The smallest absolute Gasteiger partial charge is 0.326 e. The first-order valence-corrected chi connectivity index (χ1v) is 8.68. The van der Waals surface area contributed by atoms with Crippen LogP contribution in [0, 0.1) is 5.92 Å². The molecule has 132 valence electrons. The van der Waals surface area contributed by atoms with Crippen molar-refractivity contribution in [2.75, 3.05) is 0 Å². The Morgan fingerprint density at radius 2 is 1.88 bits per heavy atom. The second kappa shape index (κ2) is 7.17. The van der Waals surface area contributed by atoms with E-state index in [4.69, 9.17) is 0 Å². The summed E-state index contributed by atoms with van der Waals surface area (Å²) in [6.45, 7) is 1.78. The molecule has 2 amide bonds. The Labute approximate surface area is 146 Å². The van der Waals surface area contributed by atoms with Crippen molar-refractivity contribution in [1.29, 1.82) is 0 Å². The third-order valence-corrected chi connectivity index (χ3v) is 5.05. The van der Waals surface area contributed by atoms with Crippen LogP contribution in [-0.4, -0.2) is 45.6 Å². The van der Waals surface area contributed by atoms with Crippen LogP contribution in [0.1, 0.15) is 49.4 Å². The van der Waals surface area contributed by atoms with Crippen molar-refractivity contribution in [1.82, 2.24) is 4.90 Å². The van der Waals surface area contributed by atoms with Crippen LogP contribution in [0.2, 0.25) is 0 Å². The largest absolute Gasteiger partial charge is 0.480 e. The van der Waals surface area contributed by atoms with E-state index in [9.17, 15) is 19.5 Å². The van der Waals surface area contributed by atoms with Gasteiger partial charge < -0.3 is 10.0 Å². The van der Waals surface area contributed by atoms with Crippen molar-refractivity contribution >= 4 is 23.5 Å². The minimum atomic E-state index is -0.934. The number of aliphatic carboxylic acids is 1. The summed E-state index contributed by atoms with van der Waals surface area (Å²) in [5, 5.41) is 9.35. The highest BCUT2D eigenvalue weighted by atomic mass is 16.4. The molecule has 0 aromatic heterocycles. The second-order valence-electron chi connectivity index (χ2n) is 6.82. The van der Waals surface area contributed by atoms with Crippen LogP contribution >= 0.6 is 0 Å². The van der Waals surface area contributed by atoms with E-state index in [1.54, 1.807) is 36.1 Å². The first-order valence-electron chi connectivity index (χ1n) is 8.68. The quantitative estimate of drug-likeness (QED) is 0.895. The molecule has 2 aliphatic rings. The first-order chi connectivity index (χ1) is 12.0. The van der Waals surface area contributed by atoms with Crippen LogP contribution in [-0.2, 0) is 9.59 Å². The lowest BCUT2D eigenvalue weighted by Gasteiger charge is -2.33. The van der Waals surface area contributed by atoms with E-state index in [1.165, 1.54) is 0 Å². The molecule has 1 aromatic rings. The van der Waals surface area contributed by atoms with Gasteiger partial charge >= 0.3 is 5.97 Å². The second-order valence-corrected chi connectivity index (χ2v) is 6.82. The van der Waals surface area contributed by atoms with Crippen LogP contribution in [0.4, 0.5) is 0 Å². The standard InChI is InChI=1S/C19H22N2O4/c1-12-11-14(20-17(22)13-5-3-2-4-6-13)7-8-15-9-10-16(19(24)25)21(15)18(12)23/h2-6,12,15-16H,7-11H2,1H3,(H,24,25)/t12-,15-,16-/m0/s1. The summed E-state index contributed by atoms with van der Waals surface area (Å²) in [6.07, 6.45) is 2.85. The summed E-state index contributed by atoms with van der Waals surface area (Å²) in [6, 6.07) is 8.08. The Balaban J connectivity index is 1.79. The Morgan fingerprint density at radius 3 is 2.56 bits per heavy atom. The van der Waals surface area contributed by atoms with Crippen molar-refractivity contribution < 1.29 is 19.5 Å². The van der Waals surface area contributed by atoms with E-state index in [0.717, 1.165) is 5.71 Å². The minimum Gasteiger partial charge on any atom is -0.480 e. The fraction of sp³-hybridized carbons (Fsp3) is 0.474. The molecule has 2 saturated heterocycles. The summed E-state index contributed by atoms with van der Waals surface area (Å²) in [5.74, 6) is -1.74. The molecule has 0 radical (unpaired) electrons. The van der Waals surface area contributed by atoms with Gasteiger partial charge in [0, 0.05) is 23.2 Å². The lowest BCUT2D eigenvalue weighted by Crippen LogP contribution is -2.48. The molecule has 2 heterocycles. The molecule has 3 atom stereocenters. The number of benzene rings is 1. The summed E-state index contributed by atoms with van der Waals surface area (Å²) >= 11 is 0. The van der Waals surface area contributed by atoms with Gasteiger partial charge in [-0.2, -0.15) is 0 Å². The van der Waals surface area contributed by atoms with Gasteiger partial charge in [0.1, 0.15) is 6.04 Å². The fourth-order valence-electron chi connectivity index (χ4n) is 3.76. The molecule has 0 saturated carbocycles. The van der Waals surface area contributed by atoms with Crippen molar-refractivity contribution in [2.24, 2.45) is 10.9 Å². The Bertz CT molecular complexity index is 713. The van der Waals surface area contributed by atoms with Crippen molar-refractivity contribution in [2.45, 2.75) is 51.1 Å². The Kier molecular flexibility index (Phi) is 4.97. The summed E-state index contributed by atoms with van der Waals surface area (Å²) < 4.78 is 0. The summed E-state index contributed by atoms with van der Waals surface area (Å²) in [4.78, 5) is 42.2. The van der Waals surface area contributed by atoms with Gasteiger partial charge in [0.05, 0.1) is 0 Å². The van der Waals surface area contributed by atoms with Crippen molar-refractivity contribution in [3.8, 4) is 0 Å². The normalized spacial score (nSPS) is 28.4. The molecule has 1 aromatic carbocycles. The number of rotatable bonds is 2. The topological polar surface area (TPSA) is 87.0 Å². The van der Waals surface area contributed by atoms with Gasteiger partial charge in [-0.05, 0) is 44.2 Å². The Morgan fingerprint density at radius 1 is 1.16 bits per heavy atom. The van der Waals surface area contributed by atoms with E-state index in [1.807, 2.05) is 6.07 Å². The lowest BCUT2D eigenvalue weighted by molar-refractivity contribution is -0.151. The van der Waals surface area contributed by atoms with Crippen molar-refractivity contribution in [3.63, 3.8) is 0 Å². The molecule has 0 aliphatic carbocycles. The number of hydrogen-bond donors (Lipinski definition) is 1. The lowest BCUT2D eigenvalue weighted by atomic mass is 9.93. The number of fused-ring (bicyclic) bond motifs is 1. The predicted octanol–water partition coefficient (Wildman–Crippen LogP) is 2.53. The molecule has 2 aliphatic heterocycles. The van der Waals surface area contributed by atoms with E-state index < -0.39 is 12.0 Å². The maximum absolute atomic E-state index is 12.7. The number of aliphatic imine (C=N–C) groups is 1. The highest BCUT2D eigenvalue weighted by Gasteiger charge is 2.43. The number of amides is 2. The molecule has 0 bridgehead atoms. The van der Waals surface area contributed by atoms with Crippen LogP contribution in [0.5, 0.6) is 0 Å². The van der Waals surface area contributed by atoms with Gasteiger partial charge in [0.2, 0.25) is 5.91 Å². The summed E-state index contributed by atoms with van der Waals surface area (Å²) in [7, 11) is 0. The SMILES string of the molecule is C[C@H]1CC(=NC(=O)c2ccccc2)CC[C@H]2CC[C@@H](C(=O)O)N2C1=O. The van der Waals surface area contributed by atoms with E-state index in [0.29, 0.717) is 37.7 Å². The highest BCUT2D eigenvalue weighted by Crippen LogP contribution is 2.32. The maximum Gasteiger partial charge on any atom is 0.326 e. The number of carboxylic acids is 1. The van der Waals surface area contributed by atoms with Gasteiger partial charge in [0.25, 0.3) is 5.91 Å². The van der Waals surface area contributed by atoms with Gasteiger partial charge in [-0.15, -0.1) is 0 Å². The molecule has 6 heteroatoms. The monoisotopic (exact) mass is 342 g/mol. The maximum atomic E-state index is 12.7. The zero-order chi connectivity index (χ0) is 18.0. The van der Waals surface area contributed by atoms with E-state index in [2.05, 4.69) is 4.99 Å². The molecule has 3 rings (SSSR count). The number of carbonyl (C=O) groups is 3. The molecule has 2 fully saturated rings. The van der Waals surface area contributed by atoms with E-state index >= 15 is 0 Å². The van der Waals surface area contributed by atoms with Crippen LogP contribution in [0.15, 0.2) is 35.3 Å². The highest BCUT2D eigenvalue weighted by molar-refractivity contribution is 6.05. The zero-order valence-corrected chi connectivity index (χ0v) is 14.2. The van der Waals surface area contributed by atoms with Crippen molar-refractivity contribution in [3.05, 3.63) is 35.9 Å². The molecule has 25 heavy (non-hydrogen) atoms. The third kappa shape index (κ3) is 3.62. The molecule has 0 spiro atoms. The predicted molar refractivity (Wildman–Crippen MR) is 92.5 cm³/mol. The van der Waals surface area contributed by atoms with Crippen LogP contribution < -0.4 is 0 Å². The number of hydrogen-bond acceptors (Lipinski definition) is 3. The molecule has 0 unspecified atom stereocenters. The van der Waals surface area contributed by atoms with Gasteiger partial charge in [-0.3, -0.25) is 9.59 Å². The number of carbonyl (C=O) groups excluding carboxylic acids is 2. The average Bonchev–Trinajstić information content (AvgIpc) is 3.02. The summed E-state index contributed by atoms with van der Waals surface area (Å²) in [5.41, 5.74) is 1.26.